The van der Waals surface area contributed by atoms with Crippen molar-refractivity contribution in [2.45, 2.75) is 25.8 Å². The minimum atomic E-state index is -0.261. The van der Waals surface area contributed by atoms with Gasteiger partial charge in [-0.2, -0.15) is 0 Å². The summed E-state index contributed by atoms with van der Waals surface area (Å²) in [5.41, 5.74) is 3.56. The van der Waals surface area contributed by atoms with Crippen LogP contribution in [0.5, 0.6) is 0 Å². The Morgan fingerprint density at radius 1 is 1.37 bits per heavy atom. The number of hydrogen-bond donors (Lipinski definition) is 2. The molecule has 0 bridgehead atoms. The lowest BCUT2D eigenvalue weighted by molar-refractivity contribution is 0.395. The van der Waals surface area contributed by atoms with Gasteiger partial charge in [0, 0.05) is 10.9 Å². The molecule has 19 heavy (non-hydrogen) atoms. The number of hydrazine groups is 1. The molecule has 0 fully saturated rings. The van der Waals surface area contributed by atoms with E-state index in [2.05, 4.69) is 21.4 Å². The van der Waals surface area contributed by atoms with Gasteiger partial charge < -0.3 is 4.42 Å². The number of furan rings is 1. The van der Waals surface area contributed by atoms with Crippen LogP contribution >= 0.6 is 15.9 Å². The SMILES string of the molecule is CCc1ccc(C(Cc2cc(F)ccc2Br)NN)o1. The number of benzene rings is 1. The maximum absolute atomic E-state index is 13.3. The molecule has 1 aromatic heterocycles. The van der Waals surface area contributed by atoms with E-state index in [0.29, 0.717) is 6.42 Å². The first-order valence-corrected chi connectivity index (χ1v) is 6.92. The van der Waals surface area contributed by atoms with E-state index in [-0.39, 0.29) is 11.9 Å². The van der Waals surface area contributed by atoms with Crippen molar-refractivity contribution in [3.8, 4) is 0 Å². The molecule has 3 N–H and O–H groups in total. The van der Waals surface area contributed by atoms with Crippen LogP contribution in [0.4, 0.5) is 4.39 Å². The topological polar surface area (TPSA) is 51.2 Å². The zero-order valence-electron chi connectivity index (χ0n) is 10.6. The lowest BCUT2D eigenvalue weighted by Crippen LogP contribution is -2.29. The van der Waals surface area contributed by atoms with Gasteiger partial charge in [-0.15, -0.1) is 0 Å². The smallest absolute Gasteiger partial charge is 0.123 e. The Morgan fingerprint density at radius 2 is 2.16 bits per heavy atom. The molecular weight excluding hydrogens is 311 g/mol. The molecule has 1 heterocycles. The minimum Gasteiger partial charge on any atom is -0.464 e. The summed E-state index contributed by atoms with van der Waals surface area (Å²) in [6.07, 6.45) is 1.38. The average molecular weight is 327 g/mol. The Labute approximate surface area is 120 Å². The van der Waals surface area contributed by atoms with Crippen LogP contribution in [0, 0.1) is 5.82 Å². The number of hydrogen-bond acceptors (Lipinski definition) is 3. The zero-order chi connectivity index (χ0) is 13.8. The number of halogens is 2. The molecule has 0 aliphatic heterocycles. The van der Waals surface area contributed by atoms with Crippen LogP contribution in [0.15, 0.2) is 39.2 Å². The number of nitrogens with one attached hydrogen (secondary N) is 1. The van der Waals surface area contributed by atoms with Crippen molar-refractivity contribution in [2.75, 3.05) is 0 Å². The van der Waals surface area contributed by atoms with E-state index >= 15 is 0 Å². The summed E-state index contributed by atoms with van der Waals surface area (Å²) < 4.78 is 19.8. The Balaban J connectivity index is 2.21. The predicted molar refractivity (Wildman–Crippen MR) is 76.0 cm³/mol. The standard InChI is InChI=1S/C14H16BrFN2O/c1-2-11-4-6-14(19-11)13(18-17)8-9-7-10(16)3-5-12(9)15/h3-7,13,18H,2,8,17H2,1H3. The fourth-order valence-corrected chi connectivity index (χ4v) is 2.34. The molecule has 0 amide bonds. The van der Waals surface area contributed by atoms with E-state index in [1.165, 1.54) is 12.1 Å². The van der Waals surface area contributed by atoms with Crippen LogP contribution in [0.1, 0.15) is 30.0 Å². The molecule has 0 radical (unpaired) electrons. The third-order valence-electron chi connectivity index (χ3n) is 3.01. The molecule has 0 aliphatic carbocycles. The molecule has 2 aromatic rings. The second kappa shape index (κ2) is 6.32. The quantitative estimate of drug-likeness (QED) is 0.653. The largest absolute Gasteiger partial charge is 0.464 e. The molecule has 102 valence electrons. The second-order valence-corrected chi connectivity index (χ2v) is 5.17. The summed E-state index contributed by atoms with van der Waals surface area (Å²) >= 11 is 3.41. The predicted octanol–water partition coefficient (Wildman–Crippen LogP) is 3.49. The third-order valence-corrected chi connectivity index (χ3v) is 3.78. The first-order chi connectivity index (χ1) is 9.13. The fraction of sp³-hybridized carbons (Fsp3) is 0.286. The van der Waals surface area contributed by atoms with Crippen LogP contribution in [0.3, 0.4) is 0 Å². The number of rotatable bonds is 5. The van der Waals surface area contributed by atoms with E-state index in [1.807, 2.05) is 19.1 Å². The summed E-state index contributed by atoms with van der Waals surface area (Å²) in [4.78, 5) is 0. The molecule has 0 spiro atoms. The van der Waals surface area contributed by atoms with Gasteiger partial charge in [-0.1, -0.05) is 22.9 Å². The first-order valence-electron chi connectivity index (χ1n) is 6.12. The van der Waals surface area contributed by atoms with Gasteiger partial charge in [0.2, 0.25) is 0 Å². The van der Waals surface area contributed by atoms with Crippen LogP contribution < -0.4 is 11.3 Å². The molecule has 0 saturated carbocycles. The highest BCUT2D eigenvalue weighted by Gasteiger charge is 2.16. The van der Waals surface area contributed by atoms with Gasteiger partial charge in [-0.25, -0.2) is 9.82 Å². The summed E-state index contributed by atoms with van der Waals surface area (Å²) in [5, 5.41) is 0. The Bertz CT molecular complexity index is 556. The van der Waals surface area contributed by atoms with E-state index < -0.39 is 0 Å². The van der Waals surface area contributed by atoms with Gasteiger partial charge in [0.1, 0.15) is 17.3 Å². The van der Waals surface area contributed by atoms with Gasteiger partial charge in [-0.05, 0) is 42.3 Å². The monoisotopic (exact) mass is 326 g/mol. The lowest BCUT2D eigenvalue weighted by Gasteiger charge is -2.14. The summed E-state index contributed by atoms with van der Waals surface area (Å²) in [6.45, 7) is 2.02. The highest BCUT2D eigenvalue weighted by Crippen LogP contribution is 2.25. The van der Waals surface area contributed by atoms with Gasteiger partial charge >= 0.3 is 0 Å². The van der Waals surface area contributed by atoms with Crippen molar-refractivity contribution < 1.29 is 8.81 Å². The first kappa shape index (κ1) is 14.2. The maximum Gasteiger partial charge on any atom is 0.123 e. The summed E-state index contributed by atoms with van der Waals surface area (Å²) in [5.74, 6) is 6.98. The molecule has 0 saturated heterocycles. The second-order valence-electron chi connectivity index (χ2n) is 4.32. The van der Waals surface area contributed by atoms with Gasteiger partial charge in [0.15, 0.2) is 0 Å². The number of aryl methyl sites for hydroxylation is 1. The molecular formula is C14H16BrFN2O. The Hall–Kier alpha value is -1.17. The molecule has 2 rings (SSSR count). The van der Waals surface area contributed by atoms with Crippen LogP contribution in [-0.4, -0.2) is 0 Å². The Kier molecular flexibility index (Phi) is 4.74. The number of nitrogens with two attached hydrogens (primary N) is 1. The third kappa shape index (κ3) is 3.43. The molecule has 3 nitrogen and oxygen atoms in total. The van der Waals surface area contributed by atoms with Crippen molar-refractivity contribution in [3.63, 3.8) is 0 Å². The van der Waals surface area contributed by atoms with Crippen molar-refractivity contribution in [3.05, 3.63) is 57.7 Å². The Morgan fingerprint density at radius 3 is 2.79 bits per heavy atom. The normalized spacial score (nSPS) is 12.6. The lowest BCUT2D eigenvalue weighted by atomic mass is 10.0. The van der Waals surface area contributed by atoms with Gasteiger partial charge in [0.25, 0.3) is 0 Å². The van der Waals surface area contributed by atoms with E-state index in [1.54, 1.807) is 6.07 Å². The maximum atomic E-state index is 13.3. The van der Waals surface area contributed by atoms with E-state index in [9.17, 15) is 4.39 Å². The van der Waals surface area contributed by atoms with Gasteiger partial charge in [-0.3, -0.25) is 5.84 Å². The average Bonchev–Trinajstić information content (AvgIpc) is 2.88. The molecule has 1 aromatic carbocycles. The molecule has 5 heteroatoms. The summed E-state index contributed by atoms with van der Waals surface area (Å²) in [7, 11) is 0. The molecule has 1 unspecified atom stereocenters. The van der Waals surface area contributed by atoms with Crippen LogP contribution in [0.25, 0.3) is 0 Å². The van der Waals surface area contributed by atoms with Crippen molar-refractivity contribution in [2.24, 2.45) is 5.84 Å². The van der Waals surface area contributed by atoms with Crippen molar-refractivity contribution >= 4 is 15.9 Å². The van der Waals surface area contributed by atoms with E-state index in [4.69, 9.17) is 10.3 Å². The van der Waals surface area contributed by atoms with Crippen molar-refractivity contribution in [1.29, 1.82) is 0 Å². The molecule has 1 atom stereocenters. The van der Waals surface area contributed by atoms with Gasteiger partial charge in [0.05, 0.1) is 6.04 Å². The molecule has 0 aliphatic rings. The minimum absolute atomic E-state index is 0.182. The van der Waals surface area contributed by atoms with Crippen LogP contribution in [0.2, 0.25) is 0 Å². The summed E-state index contributed by atoms with van der Waals surface area (Å²) in [6, 6.07) is 8.26. The zero-order valence-corrected chi connectivity index (χ0v) is 12.2. The highest BCUT2D eigenvalue weighted by atomic mass is 79.9. The fourth-order valence-electron chi connectivity index (χ4n) is 1.93. The highest BCUT2D eigenvalue weighted by molar-refractivity contribution is 9.10. The van der Waals surface area contributed by atoms with Crippen molar-refractivity contribution in [1.82, 2.24) is 5.43 Å². The van der Waals surface area contributed by atoms with E-state index in [0.717, 1.165) is 28.0 Å². The van der Waals surface area contributed by atoms with Crippen LogP contribution in [-0.2, 0) is 12.8 Å².